The molecule has 0 unspecified atom stereocenters. The van der Waals surface area contributed by atoms with Gasteiger partial charge in [-0.15, -0.1) is 11.8 Å². The molecule has 0 bridgehead atoms. The Kier molecular flexibility index (Phi) is 7.50. The monoisotopic (exact) mass is 485 g/mol. The van der Waals surface area contributed by atoms with Gasteiger partial charge in [-0.25, -0.2) is 0 Å². The molecular formula is C25H28ClN3O3S. The molecule has 2 amide bonds. The van der Waals surface area contributed by atoms with Gasteiger partial charge >= 0.3 is 0 Å². The zero-order chi connectivity index (χ0) is 23.4. The van der Waals surface area contributed by atoms with Crippen molar-refractivity contribution in [1.82, 2.24) is 9.47 Å². The summed E-state index contributed by atoms with van der Waals surface area (Å²) < 4.78 is 7.29. The zero-order valence-corrected chi connectivity index (χ0v) is 20.4. The first-order chi connectivity index (χ1) is 15.9. The maximum atomic E-state index is 12.9. The second kappa shape index (κ2) is 10.5. The number of nitrogens with zero attached hydrogens (tertiary/aromatic N) is 2. The van der Waals surface area contributed by atoms with Gasteiger partial charge in [0.2, 0.25) is 11.8 Å². The second-order valence-electron chi connectivity index (χ2n) is 8.38. The Bertz CT molecular complexity index is 1160. The summed E-state index contributed by atoms with van der Waals surface area (Å²) >= 11 is 7.50. The van der Waals surface area contributed by atoms with Crippen LogP contribution in [-0.4, -0.2) is 47.2 Å². The molecule has 1 aliphatic rings. The number of benzene rings is 2. The van der Waals surface area contributed by atoms with E-state index >= 15 is 0 Å². The second-order valence-corrected chi connectivity index (χ2v) is 9.84. The predicted molar refractivity (Wildman–Crippen MR) is 134 cm³/mol. The van der Waals surface area contributed by atoms with Gasteiger partial charge in [0.1, 0.15) is 12.3 Å². The molecule has 1 aromatic heterocycles. The van der Waals surface area contributed by atoms with Crippen LogP contribution in [0.1, 0.15) is 19.8 Å². The molecule has 0 spiro atoms. The van der Waals surface area contributed by atoms with Crippen molar-refractivity contribution < 1.29 is 14.3 Å². The van der Waals surface area contributed by atoms with Crippen LogP contribution in [0.4, 0.5) is 5.69 Å². The van der Waals surface area contributed by atoms with E-state index in [1.165, 1.54) is 11.8 Å². The largest absolute Gasteiger partial charge is 0.495 e. The molecule has 174 valence electrons. The van der Waals surface area contributed by atoms with Crippen LogP contribution >= 0.6 is 23.4 Å². The average Bonchev–Trinajstić information content (AvgIpc) is 3.16. The topological polar surface area (TPSA) is 63.6 Å². The number of para-hydroxylation sites is 1. The number of ether oxygens (including phenoxy) is 1. The number of piperidine rings is 1. The molecule has 0 aliphatic carbocycles. The van der Waals surface area contributed by atoms with Gasteiger partial charge in [-0.2, -0.15) is 0 Å². The van der Waals surface area contributed by atoms with Crippen LogP contribution in [0.25, 0.3) is 10.9 Å². The Labute approximate surface area is 203 Å². The van der Waals surface area contributed by atoms with Crippen LogP contribution in [0.3, 0.4) is 0 Å². The third kappa shape index (κ3) is 5.65. The maximum Gasteiger partial charge on any atom is 0.242 e. The smallest absolute Gasteiger partial charge is 0.242 e. The molecule has 1 aliphatic heterocycles. The van der Waals surface area contributed by atoms with Gasteiger partial charge in [-0.05, 0) is 43.0 Å². The lowest BCUT2D eigenvalue weighted by molar-refractivity contribution is -0.133. The number of halogens is 1. The molecular weight excluding hydrogens is 458 g/mol. The molecule has 8 heteroatoms. The van der Waals surface area contributed by atoms with Crippen molar-refractivity contribution in [3.63, 3.8) is 0 Å². The van der Waals surface area contributed by atoms with E-state index in [-0.39, 0.29) is 17.6 Å². The minimum absolute atomic E-state index is 0.144. The summed E-state index contributed by atoms with van der Waals surface area (Å²) in [5, 5.41) is 4.43. The van der Waals surface area contributed by atoms with E-state index in [0.29, 0.717) is 28.9 Å². The van der Waals surface area contributed by atoms with Gasteiger partial charge in [0, 0.05) is 40.1 Å². The van der Waals surface area contributed by atoms with E-state index in [1.807, 2.05) is 39.9 Å². The number of hydrogen-bond donors (Lipinski definition) is 1. The number of carbonyl (C=O) groups excluding carboxylic acids is 2. The first kappa shape index (κ1) is 23.5. The summed E-state index contributed by atoms with van der Waals surface area (Å²) in [5.74, 6) is 1.45. The summed E-state index contributed by atoms with van der Waals surface area (Å²) in [7, 11) is 1.55. The van der Waals surface area contributed by atoms with Crippen LogP contribution in [0.5, 0.6) is 5.75 Å². The van der Waals surface area contributed by atoms with Crippen molar-refractivity contribution in [2.45, 2.75) is 31.2 Å². The van der Waals surface area contributed by atoms with Crippen molar-refractivity contribution in [2.75, 3.05) is 31.3 Å². The Morgan fingerprint density at radius 3 is 2.70 bits per heavy atom. The van der Waals surface area contributed by atoms with Crippen LogP contribution in [0.15, 0.2) is 53.6 Å². The predicted octanol–water partition coefficient (Wildman–Crippen LogP) is 5.29. The first-order valence-corrected chi connectivity index (χ1v) is 12.4. The van der Waals surface area contributed by atoms with E-state index in [1.54, 1.807) is 25.3 Å². The van der Waals surface area contributed by atoms with E-state index in [4.69, 9.17) is 16.3 Å². The molecule has 0 saturated carbocycles. The number of hydrogen-bond acceptors (Lipinski definition) is 4. The Balaban J connectivity index is 1.45. The third-order valence-corrected chi connectivity index (χ3v) is 7.27. The molecule has 1 saturated heterocycles. The quantitative estimate of drug-likeness (QED) is 0.462. The highest BCUT2D eigenvalue weighted by Crippen LogP contribution is 2.32. The van der Waals surface area contributed by atoms with Gasteiger partial charge in [0.05, 0.1) is 18.6 Å². The summed E-state index contributed by atoms with van der Waals surface area (Å²) in [6, 6.07) is 13.1. The third-order valence-electron chi connectivity index (χ3n) is 5.99. The molecule has 0 atom stereocenters. The highest BCUT2D eigenvalue weighted by molar-refractivity contribution is 8.00. The summed E-state index contributed by atoms with van der Waals surface area (Å²) in [6.45, 7) is 4.20. The van der Waals surface area contributed by atoms with Crippen molar-refractivity contribution in [1.29, 1.82) is 0 Å². The van der Waals surface area contributed by atoms with Crippen molar-refractivity contribution in [2.24, 2.45) is 5.92 Å². The number of aromatic nitrogens is 1. The number of likely N-dealkylation sites (tertiary alicyclic amines) is 1. The molecule has 0 radical (unpaired) electrons. The molecule has 1 N–H and O–H groups in total. The molecule has 33 heavy (non-hydrogen) atoms. The number of nitrogens with one attached hydrogen (secondary N) is 1. The maximum absolute atomic E-state index is 12.9. The zero-order valence-electron chi connectivity index (χ0n) is 18.8. The van der Waals surface area contributed by atoms with Crippen LogP contribution in [-0.2, 0) is 16.1 Å². The normalized spacial score (nSPS) is 14.5. The molecule has 2 heterocycles. The Morgan fingerprint density at radius 1 is 1.18 bits per heavy atom. The van der Waals surface area contributed by atoms with Gasteiger partial charge in [-0.1, -0.05) is 36.7 Å². The number of thioether (sulfide) groups is 1. The van der Waals surface area contributed by atoms with Gasteiger partial charge in [0.15, 0.2) is 0 Å². The lowest BCUT2D eigenvalue weighted by Crippen LogP contribution is -2.39. The van der Waals surface area contributed by atoms with Crippen molar-refractivity contribution >= 4 is 51.8 Å². The number of methoxy groups -OCH3 is 1. The van der Waals surface area contributed by atoms with E-state index in [0.717, 1.165) is 41.7 Å². The van der Waals surface area contributed by atoms with Gasteiger partial charge in [-0.3, -0.25) is 9.59 Å². The Hall–Kier alpha value is -2.64. The van der Waals surface area contributed by atoms with Gasteiger partial charge in [0.25, 0.3) is 0 Å². The van der Waals surface area contributed by atoms with Crippen LogP contribution < -0.4 is 10.1 Å². The number of fused-ring (bicyclic) bond motifs is 1. The van der Waals surface area contributed by atoms with Gasteiger partial charge < -0.3 is 19.5 Å². The number of rotatable bonds is 7. The summed E-state index contributed by atoms with van der Waals surface area (Å²) in [5.41, 5.74) is 1.54. The summed E-state index contributed by atoms with van der Waals surface area (Å²) in [6.07, 6.45) is 4.10. The summed E-state index contributed by atoms with van der Waals surface area (Å²) in [4.78, 5) is 28.5. The van der Waals surface area contributed by atoms with E-state index in [9.17, 15) is 9.59 Å². The van der Waals surface area contributed by atoms with Crippen molar-refractivity contribution in [3.8, 4) is 5.75 Å². The molecule has 3 aromatic rings. The minimum atomic E-state index is -0.157. The molecule has 1 fully saturated rings. The highest BCUT2D eigenvalue weighted by Gasteiger charge is 2.21. The number of amides is 2. The molecule has 2 aromatic carbocycles. The number of carbonyl (C=O) groups is 2. The highest BCUT2D eigenvalue weighted by atomic mass is 35.5. The first-order valence-electron chi connectivity index (χ1n) is 11.1. The molecule has 6 nitrogen and oxygen atoms in total. The van der Waals surface area contributed by atoms with Crippen LogP contribution in [0, 0.1) is 5.92 Å². The van der Waals surface area contributed by atoms with E-state index in [2.05, 4.69) is 12.2 Å². The fraction of sp³-hybridized carbons (Fsp3) is 0.360. The lowest BCUT2D eigenvalue weighted by atomic mass is 9.99. The fourth-order valence-corrected chi connectivity index (χ4v) is 5.13. The molecule has 4 rings (SSSR count). The SMILES string of the molecule is COc1ccc(Cl)cc1NC(=O)CSc1cn(CC(=O)N2CCC(C)CC2)c2ccccc12. The fourth-order valence-electron chi connectivity index (χ4n) is 4.07. The van der Waals surface area contributed by atoms with E-state index < -0.39 is 0 Å². The number of anilines is 1. The average molecular weight is 486 g/mol. The van der Waals surface area contributed by atoms with Crippen LogP contribution in [0.2, 0.25) is 5.02 Å². The standard InChI is InChI=1S/C25H28ClN3O3S/c1-17-9-11-28(12-10-17)25(31)15-29-14-23(19-5-3-4-6-21(19)29)33-16-24(30)27-20-13-18(26)7-8-22(20)32-2/h3-8,13-14,17H,9-12,15-16H2,1-2H3,(H,27,30). The minimum Gasteiger partial charge on any atom is -0.495 e. The lowest BCUT2D eigenvalue weighted by Gasteiger charge is -2.30. The Morgan fingerprint density at radius 2 is 1.94 bits per heavy atom. The van der Waals surface area contributed by atoms with Crippen molar-refractivity contribution in [3.05, 3.63) is 53.7 Å².